The molecule has 0 radical (unpaired) electrons. The maximum atomic E-state index is 11.4. The van der Waals surface area contributed by atoms with Crippen molar-refractivity contribution in [3.63, 3.8) is 0 Å². The SMILES string of the molecule is COc1ccc(C=Cc2cc[n+](OC(=O)N(C)C)cc2)cc1. The van der Waals surface area contributed by atoms with E-state index < -0.39 is 6.09 Å². The Morgan fingerprint density at radius 2 is 1.55 bits per heavy atom. The highest BCUT2D eigenvalue weighted by Crippen LogP contribution is 2.13. The zero-order chi connectivity index (χ0) is 15.9. The summed E-state index contributed by atoms with van der Waals surface area (Å²) < 4.78 is 6.49. The van der Waals surface area contributed by atoms with Crippen LogP contribution in [-0.2, 0) is 0 Å². The van der Waals surface area contributed by atoms with Crippen LogP contribution in [0.3, 0.4) is 0 Å². The number of ether oxygens (including phenoxy) is 1. The molecule has 5 heteroatoms. The number of rotatable bonds is 4. The third-order valence-electron chi connectivity index (χ3n) is 2.96. The highest BCUT2D eigenvalue weighted by atomic mass is 16.7. The molecule has 2 rings (SSSR count). The lowest BCUT2D eigenvalue weighted by atomic mass is 10.1. The van der Waals surface area contributed by atoms with Gasteiger partial charge in [0.15, 0.2) is 0 Å². The summed E-state index contributed by atoms with van der Waals surface area (Å²) in [6.45, 7) is 0. The average Bonchev–Trinajstić information content (AvgIpc) is 2.54. The fraction of sp³-hybridized carbons (Fsp3) is 0.176. The van der Waals surface area contributed by atoms with Gasteiger partial charge >= 0.3 is 6.09 Å². The predicted molar refractivity (Wildman–Crippen MR) is 84.2 cm³/mol. The van der Waals surface area contributed by atoms with Gasteiger partial charge in [0.25, 0.3) is 0 Å². The molecule has 0 aliphatic rings. The standard InChI is InChI=1S/C17H19N2O3/c1-18(2)17(20)22-19-12-10-15(11-13-19)5-4-14-6-8-16(21-3)9-7-14/h4-13H,1-3H3/q+1. The largest absolute Gasteiger partial charge is 0.497 e. The smallest absolute Gasteiger partial charge is 0.477 e. The van der Waals surface area contributed by atoms with Gasteiger partial charge in [0, 0.05) is 31.0 Å². The molecular weight excluding hydrogens is 280 g/mol. The Balaban J connectivity index is 2.00. The average molecular weight is 299 g/mol. The third kappa shape index (κ3) is 4.34. The van der Waals surface area contributed by atoms with E-state index in [9.17, 15) is 4.79 Å². The van der Waals surface area contributed by atoms with Crippen LogP contribution in [0.25, 0.3) is 12.2 Å². The van der Waals surface area contributed by atoms with Crippen LogP contribution in [-0.4, -0.2) is 32.2 Å². The monoisotopic (exact) mass is 299 g/mol. The molecule has 1 aromatic carbocycles. The number of carbonyl (C=O) groups is 1. The Bertz CT molecular complexity index is 647. The first-order valence-corrected chi connectivity index (χ1v) is 6.81. The number of amides is 1. The van der Waals surface area contributed by atoms with Crippen LogP contribution in [0, 0.1) is 0 Å². The van der Waals surface area contributed by atoms with Crippen LogP contribution in [0.4, 0.5) is 4.79 Å². The molecule has 0 saturated carbocycles. The molecule has 0 fully saturated rings. The van der Waals surface area contributed by atoms with Crippen molar-refractivity contribution in [3.05, 3.63) is 59.9 Å². The molecule has 0 N–H and O–H groups in total. The number of carbonyl (C=O) groups excluding carboxylic acids is 1. The van der Waals surface area contributed by atoms with E-state index in [4.69, 9.17) is 9.57 Å². The van der Waals surface area contributed by atoms with Gasteiger partial charge in [-0.25, -0.2) is 4.79 Å². The second kappa shape index (κ2) is 7.26. The molecule has 0 saturated heterocycles. The van der Waals surface area contributed by atoms with Crippen LogP contribution in [0.5, 0.6) is 5.75 Å². The van der Waals surface area contributed by atoms with E-state index in [0.717, 1.165) is 16.9 Å². The maximum absolute atomic E-state index is 11.4. The molecular formula is C17H19N2O3+. The number of pyridine rings is 1. The Hall–Kier alpha value is -2.82. The molecule has 0 unspecified atom stereocenters. The maximum Gasteiger partial charge on any atom is 0.477 e. The second-order valence-electron chi connectivity index (χ2n) is 4.85. The molecule has 1 heterocycles. The molecule has 1 amide bonds. The van der Waals surface area contributed by atoms with Crippen molar-refractivity contribution in [3.8, 4) is 5.75 Å². The topological polar surface area (TPSA) is 42.6 Å². The minimum atomic E-state index is -0.425. The Kier molecular flexibility index (Phi) is 5.14. The molecule has 0 spiro atoms. The van der Waals surface area contributed by atoms with E-state index in [1.165, 1.54) is 9.63 Å². The number of benzene rings is 1. The molecule has 114 valence electrons. The first kappa shape index (κ1) is 15.6. The quantitative estimate of drug-likeness (QED) is 0.813. The molecule has 22 heavy (non-hydrogen) atoms. The minimum Gasteiger partial charge on any atom is -0.497 e. The number of aromatic nitrogens is 1. The van der Waals surface area contributed by atoms with Crippen molar-refractivity contribution in [1.29, 1.82) is 0 Å². The lowest BCUT2D eigenvalue weighted by Gasteiger charge is -2.04. The van der Waals surface area contributed by atoms with Gasteiger partial charge in [0.2, 0.25) is 12.4 Å². The molecule has 5 nitrogen and oxygen atoms in total. The van der Waals surface area contributed by atoms with E-state index in [0.29, 0.717) is 0 Å². The van der Waals surface area contributed by atoms with E-state index >= 15 is 0 Å². The summed E-state index contributed by atoms with van der Waals surface area (Å²) in [5.74, 6) is 0.834. The van der Waals surface area contributed by atoms with Crippen molar-refractivity contribution in [1.82, 2.24) is 4.90 Å². The summed E-state index contributed by atoms with van der Waals surface area (Å²) in [4.78, 5) is 17.9. The highest BCUT2D eigenvalue weighted by Gasteiger charge is 2.12. The molecule has 0 atom stereocenters. The van der Waals surface area contributed by atoms with Crippen molar-refractivity contribution < 1.29 is 19.1 Å². The number of hydrogen-bond donors (Lipinski definition) is 0. The third-order valence-corrected chi connectivity index (χ3v) is 2.96. The zero-order valence-corrected chi connectivity index (χ0v) is 12.9. The van der Waals surface area contributed by atoms with Gasteiger partial charge in [-0.3, -0.25) is 0 Å². The van der Waals surface area contributed by atoms with Crippen LogP contribution in [0.1, 0.15) is 11.1 Å². The normalized spacial score (nSPS) is 10.5. The van der Waals surface area contributed by atoms with Gasteiger partial charge in [-0.15, -0.1) is 0 Å². The van der Waals surface area contributed by atoms with Crippen molar-refractivity contribution in [2.45, 2.75) is 0 Å². The molecule has 2 aromatic rings. The van der Waals surface area contributed by atoms with Gasteiger partial charge in [-0.1, -0.05) is 24.3 Å². The summed E-state index contributed by atoms with van der Waals surface area (Å²) >= 11 is 0. The lowest BCUT2D eigenvalue weighted by molar-refractivity contribution is -0.869. The summed E-state index contributed by atoms with van der Waals surface area (Å²) in [6, 6.07) is 11.5. The first-order valence-electron chi connectivity index (χ1n) is 6.81. The Morgan fingerprint density at radius 3 is 2.05 bits per heavy atom. The number of hydrogen-bond acceptors (Lipinski definition) is 3. The summed E-state index contributed by atoms with van der Waals surface area (Å²) in [7, 11) is 4.91. The van der Waals surface area contributed by atoms with E-state index in [1.54, 1.807) is 33.6 Å². The zero-order valence-electron chi connectivity index (χ0n) is 12.9. The van der Waals surface area contributed by atoms with Gasteiger partial charge < -0.3 is 9.64 Å². The van der Waals surface area contributed by atoms with Gasteiger partial charge in [0.1, 0.15) is 5.75 Å². The van der Waals surface area contributed by atoms with Crippen LogP contribution in [0.2, 0.25) is 0 Å². The molecule has 0 aliphatic heterocycles. The van der Waals surface area contributed by atoms with Crippen LogP contribution < -0.4 is 14.3 Å². The van der Waals surface area contributed by atoms with E-state index in [1.807, 2.05) is 48.6 Å². The minimum absolute atomic E-state index is 0.425. The van der Waals surface area contributed by atoms with Gasteiger partial charge in [-0.05, 0) is 23.3 Å². The lowest BCUT2D eigenvalue weighted by Crippen LogP contribution is -2.48. The molecule has 1 aromatic heterocycles. The van der Waals surface area contributed by atoms with Crippen molar-refractivity contribution >= 4 is 18.2 Å². The van der Waals surface area contributed by atoms with Crippen LogP contribution in [0.15, 0.2) is 48.8 Å². The first-order chi connectivity index (χ1) is 10.6. The fourth-order valence-corrected chi connectivity index (χ4v) is 1.68. The predicted octanol–water partition coefficient (Wildman–Crippen LogP) is 2.26. The molecule has 0 aliphatic carbocycles. The summed E-state index contributed by atoms with van der Waals surface area (Å²) in [5.41, 5.74) is 2.09. The van der Waals surface area contributed by atoms with Crippen molar-refractivity contribution in [2.24, 2.45) is 0 Å². The fourth-order valence-electron chi connectivity index (χ4n) is 1.68. The second-order valence-corrected chi connectivity index (χ2v) is 4.85. The highest BCUT2D eigenvalue weighted by molar-refractivity contribution is 5.69. The Labute approximate surface area is 130 Å². The number of methoxy groups -OCH3 is 1. The molecule has 0 bridgehead atoms. The Morgan fingerprint density at radius 1 is 1.00 bits per heavy atom. The van der Waals surface area contributed by atoms with E-state index in [-0.39, 0.29) is 0 Å². The summed E-state index contributed by atoms with van der Waals surface area (Å²) in [5, 5.41) is 0. The van der Waals surface area contributed by atoms with Crippen molar-refractivity contribution in [2.75, 3.05) is 21.2 Å². The van der Waals surface area contributed by atoms with Gasteiger partial charge in [0.05, 0.1) is 7.11 Å². The summed E-state index contributed by atoms with van der Waals surface area (Å²) in [6.07, 6.45) is 6.95. The van der Waals surface area contributed by atoms with Gasteiger partial charge in [-0.2, -0.15) is 4.84 Å². The van der Waals surface area contributed by atoms with E-state index in [2.05, 4.69) is 0 Å². The number of nitrogens with zero attached hydrogens (tertiary/aromatic N) is 2. The van der Waals surface area contributed by atoms with Crippen LogP contribution >= 0.6 is 0 Å².